The first-order valence-electron chi connectivity index (χ1n) is 12.7. The third kappa shape index (κ3) is 2.63. The van der Waals surface area contributed by atoms with Crippen molar-refractivity contribution >= 4 is 23.4 Å². The molecular formula is C25H31NO6. The zero-order valence-corrected chi connectivity index (χ0v) is 18.8. The van der Waals surface area contributed by atoms with Crippen LogP contribution in [0.1, 0.15) is 57.4 Å². The molecule has 3 saturated carbocycles. The van der Waals surface area contributed by atoms with Crippen LogP contribution in [0.2, 0.25) is 0 Å². The van der Waals surface area contributed by atoms with E-state index in [1.54, 1.807) is 26.0 Å². The molecule has 1 N–H and O–H groups in total. The molecule has 1 heterocycles. The first-order chi connectivity index (χ1) is 16.1. The smallest absolute Gasteiger partial charge is 0.303 e. The van der Waals surface area contributed by atoms with Crippen molar-refractivity contribution < 1.29 is 33.1 Å². The minimum absolute atomic E-state index is 0.156. The van der Waals surface area contributed by atoms with Crippen molar-refractivity contribution in [2.45, 2.75) is 71.1 Å². The molecule has 0 saturated heterocycles. The van der Waals surface area contributed by atoms with E-state index in [1.807, 2.05) is 6.92 Å². The lowest BCUT2D eigenvalue weighted by Crippen LogP contribution is -2.62. The van der Waals surface area contributed by atoms with Gasteiger partial charge in [-0.15, -0.1) is 0 Å². The molecule has 0 radical (unpaired) electrons. The van der Waals surface area contributed by atoms with Crippen molar-refractivity contribution in [3.63, 3.8) is 0 Å². The van der Waals surface area contributed by atoms with Gasteiger partial charge in [0.1, 0.15) is 6.10 Å². The van der Waals surface area contributed by atoms with Crippen molar-refractivity contribution in [3.05, 3.63) is 23.8 Å². The molecule has 0 amide bonds. The van der Waals surface area contributed by atoms with Crippen molar-refractivity contribution in [3.8, 4) is 0 Å². The maximum absolute atomic E-state index is 13.7. The minimum atomic E-state index is -2.61. The fraction of sp³-hybridized carbons (Fsp3) is 0.680. The van der Waals surface area contributed by atoms with E-state index in [0.717, 1.165) is 5.57 Å². The van der Waals surface area contributed by atoms with E-state index in [4.69, 9.17) is 9.47 Å². The number of aliphatic hydroxyl groups is 1. The molecule has 7 heteroatoms. The average Bonchev–Trinajstić information content (AvgIpc) is 3.22. The summed E-state index contributed by atoms with van der Waals surface area (Å²) in [7, 11) is 0. The van der Waals surface area contributed by atoms with Crippen molar-refractivity contribution in [2.75, 3.05) is 6.61 Å². The molecule has 3 fully saturated rings. The van der Waals surface area contributed by atoms with Crippen LogP contribution in [0, 0.1) is 28.6 Å². The van der Waals surface area contributed by atoms with Gasteiger partial charge < -0.3 is 14.6 Å². The number of aliphatic imine (C=N–C) groups is 1. The summed E-state index contributed by atoms with van der Waals surface area (Å²) in [4.78, 5) is 41.8. The standard InChI is InChI=1S/C25H31NO6/c1-13-26-25(20(30)12-31-14(2)27)21(32-13)10-18-17-6-5-15-9-16(28)7-8-23(15,3)22(17)19(29)11-24(18,25)4/h7-9,17-19,21-22,29H,5-6,10-12H2,1-4H3/t17-,18-,19?,21+,22+,23-,24-,25+/m0/s1/i11D2,19D. The van der Waals surface area contributed by atoms with Gasteiger partial charge in [-0.2, -0.15) is 0 Å². The highest BCUT2D eigenvalue weighted by Crippen LogP contribution is 2.69. The Bertz CT molecular complexity index is 1130. The molecule has 7 nitrogen and oxygen atoms in total. The lowest BCUT2D eigenvalue weighted by atomic mass is 9.46. The van der Waals surface area contributed by atoms with Crippen LogP contribution in [0.15, 0.2) is 28.8 Å². The minimum Gasteiger partial charge on any atom is -0.475 e. The molecule has 0 aromatic rings. The predicted molar refractivity (Wildman–Crippen MR) is 116 cm³/mol. The largest absolute Gasteiger partial charge is 0.475 e. The van der Waals surface area contributed by atoms with Gasteiger partial charge in [-0.05, 0) is 49.6 Å². The predicted octanol–water partition coefficient (Wildman–Crippen LogP) is 2.56. The molecule has 4 aliphatic carbocycles. The number of allylic oxidation sites excluding steroid dienone is 4. The van der Waals surface area contributed by atoms with Crippen molar-refractivity contribution in [2.24, 2.45) is 33.6 Å². The first-order valence-corrected chi connectivity index (χ1v) is 11.2. The van der Waals surface area contributed by atoms with Crippen molar-refractivity contribution in [1.82, 2.24) is 0 Å². The Kier molecular flexibility index (Phi) is 3.90. The summed E-state index contributed by atoms with van der Waals surface area (Å²) < 4.78 is 38.7. The summed E-state index contributed by atoms with van der Waals surface area (Å²) in [6.45, 7) is 5.63. The fourth-order valence-corrected chi connectivity index (χ4v) is 7.24. The Balaban J connectivity index is 1.69. The van der Waals surface area contributed by atoms with Gasteiger partial charge in [0, 0.05) is 33.3 Å². The summed E-state index contributed by atoms with van der Waals surface area (Å²) in [6, 6.07) is 0. The van der Waals surface area contributed by atoms with Gasteiger partial charge in [-0.1, -0.05) is 25.5 Å². The number of nitrogens with zero attached hydrogens (tertiary/aromatic N) is 1. The van der Waals surface area contributed by atoms with Crippen LogP contribution in [0.3, 0.4) is 0 Å². The molecule has 32 heavy (non-hydrogen) atoms. The highest BCUT2D eigenvalue weighted by atomic mass is 16.5. The highest BCUT2D eigenvalue weighted by molar-refractivity contribution is 6.01. The number of esters is 1. The molecule has 1 unspecified atom stereocenters. The lowest BCUT2D eigenvalue weighted by Gasteiger charge is -2.59. The van der Waals surface area contributed by atoms with Gasteiger partial charge in [0.2, 0.25) is 5.78 Å². The SMILES string of the molecule is [2H]C1(O)[C@H]2[C@@H](CCC3=CC(=O)C=C[C@@]32C)[C@@H]2C[C@H]3OC(C)=N[C@@]3(C(=O)COC(C)=O)[C@@]2(C)C1([2H])[2H]. The number of carbonyl (C=O) groups excluding carboxylic acids is 3. The Labute approximate surface area is 192 Å². The van der Waals surface area contributed by atoms with Crippen LogP contribution in [0.4, 0.5) is 0 Å². The van der Waals surface area contributed by atoms with Crippen LogP contribution in [-0.2, 0) is 23.9 Å². The Hall–Kier alpha value is -2.28. The number of rotatable bonds is 3. The number of hydrogen-bond acceptors (Lipinski definition) is 7. The summed E-state index contributed by atoms with van der Waals surface area (Å²) >= 11 is 0. The van der Waals surface area contributed by atoms with Gasteiger partial charge in [-0.25, -0.2) is 4.99 Å². The van der Waals surface area contributed by atoms with Crippen LogP contribution < -0.4 is 0 Å². The van der Waals surface area contributed by atoms with E-state index in [9.17, 15) is 23.6 Å². The Morgan fingerprint density at radius 1 is 1.44 bits per heavy atom. The van der Waals surface area contributed by atoms with Crippen molar-refractivity contribution in [1.29, 1.82) is 0 Å². The number of carbonyl (C=O) groups is 3. The molecule has 5 rings (SSSR count). The molecule has 8 atom stereocenters. The molecule has 0 aromatic heterocycles. The monoisotopic (exact) mass is 444 g/mol. The van der Waals surface area contributed by atoms with Gasteiger partial charge >= 0.3 is 5.97 Å². The van der Waals surface area contributed by atoms with Crippen LogP contribution in [0.25, 0.3) is 0 Å². The third-order valence-corrected chi connectivity index (χ3v) is 8.57. The summed E-state index contributed by atoms with van der Waals surface area (Å²) in [5.41, 5.74) is -3.44. The van der Waals surface area contributed by atoms with E-state index in [0.29, 0.717) is 19.3 Å². The zero-order valence-electron chi connectivity index (χ0n) is 21.8. The number of hydrogen-bond donors (Lipinski definition) is 1. The topological polar surface area (TPSA) is 102 Å². The lowest BCUT2D eigenvalue weighted by molar-refractivity contribution is -0.155. The van der Waals surface area contributed by atoms with E-state index < -0.39 is 65.1 Å². The number of ketones is 2. The summed E-state index contributed by atoms with van der Waals surface area (Å²) in [6.07, 6.45) is 0.0832. The molecule has 5 aliphatic rings. The number of Topliss-reactive ketones (excluding diaryl/α,β-unsaturated/α-hetero) is 1. The maximum Gasteiger partial charge on any atom is 0.303 e. The molecule has 0 bridgehead atoms. The number of fused-ring (bicyclic) bond motifs is 7. The van der Waals surface area contributed by atoms with Gasteiger partial charge in [0.15, 0.2) is 23.8 Å². The Morgan fingerprint density at radius 3 is 2.91 bits per heavy atom. The zero-order chi connectivity index (χ0) is 25.8. The fourth-order valence-electron chi connectivity index (χ4n) is 7.24. The maximum atomic E-state index is 13.7. The highest BCUT2D eigenvalue weighted by Gasteiger charge is 2.74. The molecule has 1 aliphatic heterocycles. The summed E-state index contributed by atoms with van der Waals surface area (Å²) in [5.74, 6) is -2.79. The molecule has 172 valence electrons. The van der Waals surface area contributed by atoms with Crippen LogP contribution >= 0.6 is 0 Å². The number of ether oxygens (including phenoxy) is 2. The Morgan fingerprint density at radius 2 is 2.19 bits per heavy atom. The van der Waals surface area contributed by atoms with Crippen LogP contribution in [-0.4, -0.2) is 52.9 Å². The first kappa shape index (κ1) is 18.2. The van der Waals surface area contributed by atoms with E-state index in [1.165, 1.54) is 13.0 Å². The normalized spacial score (nSPS) is 51.4. The van der Waals surface area contributed by atoms with E-state index in [-0.39, 0.29) is 17.6 Å². The second-order valence-electron chi connectivity index (χ2n) is 10.1. The quantitative estimate of drug-likeness (QED) is 0.671. The van der Waals surface area contributed by atoms with Gasteiger partial charge in [0.05, 0.1) is 7.45 Å². The van der Waals surface area contributed by atoms with Gasteiger partial charge in [-0.3, -0.25) is 14.4 Å². The van der Waals surface area contributed by atoms with Gasteiger partial charge in [0.25, 0.3) is 0 Å². The molecule has 0 spiro atoms. The third-order valence-electron chi connectivity index (χ3n) is 8.57. The molecule has 0 aromatic carbocycles. The average molecular weight is 445 g/mol. The second-order valence-corrected chi connectivity index (χ2v) is 10.1. The van der Waals surface area contributed by atoms with E-state index >= 15 is 0 Å². The van der Waals surface area contributed by atoms with Crippen LogP contribution in [0.5, 0.6) is 0 Å². The van der Waals surface area contributed by atoms with E-state index in [2.05, 4.69) is 4.99 Å². The summed E-state index contributed by atoms with van der Waals surface area (Å²) in [5, 5.41) is 11.8. The second kappa shape index (κ2) is 6.86. The molecular weight excluding hydrogens is 410 g/mol.